The number of amides is 1. The van der Waals surface area contributed by atoms with Gasteiger partial charge < -0.3 is 4.74 Å². The molecule has 2 aliphatic carbocycles. The van der Waals surface area contributed by atoms with Crippen LogP contribution in [-0.4, -0.2) is 37.4 Å². The number of Topliss-reactive ketones (excluding diaryl/α,β-unsaturated/α-hetero) is 1. The summed E-state index contributed by atoms with van der Waals surface area (Å²) >= 11 is 0. The SMILES string of the molecule is CCC(C)(C)C(=O)NS(=O)(=O)CC12CCC(CC1=O)C2(C)C.CCC(C)(CCCC(C)C)OC(=O)C(C)(C)CC. The molecule has 2 rings (SSSR count). The predicted octanol–water partition coefficient (Wildman–Crippen LogP) is 7.22. The summed E-state index contributed by atoms with van der Waals surface area (Å²) < 4.78 is 33.0. The second-order valence-corrected chi connectivity index (χ2v) is 16.5. The highest BCUT2D eigenvalue weighted by atomic mass is 32.2. The van der Waals surface area contributed by atoms with E-state index >= 15 is 0 Å². The van der Waals surface area contributed by atoms with Gasteiger partial charge in [0.15, 0.2) is 0 Å². The molecule has 2 bridgehead atoms. The van der Waals surface area contributed by atoms with Crippen molar-refractivity contribution in [1.29, 1.82) is 0 Å². The summed E-state index contributed by atoms with van der Waals surface area (Å²) in [6.07, 6.45) is 7.51. The zero-order valence-corrected chi connectivity index (χ0v) is 28.4. The first kappa shape index (κ1) is 36.6. The molecule has 8 heteroatoms. The minimum absolute atomic E-state index is 0.0429. The first-order valence-electron chi connectivity index (χ1n) is 15.4. The Morgan fingerprint density at radius 3 is 1.95 bits per heavy atom. The summed E-state index contributed by atoms with van der Waals surface area (Å²) in [5, 5.41) is 0. The van der Waals surface area contributed by atoms with Gasteiger partial charge in [0, 0.05) is 11.8 Å². The Morgan fingerprint density at radius 1 is 1.00 bits per heavy atom. The first-order chi connectivity index (χ1) is 18.0. The Bertz CT molecular complexity index is 1010. The second-order valence-electron chi connectivity index (χ2n) is 14.8. The van der Waals surface area contributed by atoms with Crippen molar-refractivity contribution in [2.24, 2.45) is 33.5 Å². The minimum atomic E-state index is -3.83. The van der Waals surface area contributed by atoms with Crippen LogP contribution in [0.2, 0.25) is 0 Å². The average molecular weight is 586 g/mol. The van der Waals surface area contributed by atoms with Crippen LogP contribution >= 0.6 is 0 Å². The number of carbonyl (C=O) groups excluding carboxylic acids is 3. The van der Waals surface area contributed by atoms with Crippen LogP contribution in [0.4, 0.5) is 0 Å². The van der Waals surface area contributed by atoms with Crippen molar-refractivity contribution < 1.29 is 27.5 Å². The Hall–Kier alpha value is -1.44. The molecule has 7 nitrogen and oxygen atoms in total. The molecular weight excluding hydrogens is 526 g/mol. The largest absolute Gasteiger partial charge is 0.459 e. The van der Waals surface area contributed by atoms with Gasteiger partial charge in [0.2, 0.25) is 15.9 Å². The van der Waals surface area contributed by atoms with Gasteiger partial charge in [0.05, 0.1) is 16.6 Å². The fourth-order valence-electron chi connectivity index (χ4n) is 5.60. The number of nitrogens with one attached hydrogen (secondary N) is 1. The first-order valence-corrected chi connectivity index (χ1v) is 17.0. The lowest BCUT2D eigenvalue weighted by Crippen LogP contribution is -2.48. The molecule has 0 radical (unpaired) electrons. The molecule has 40 heavy (non-hydrogen) atoms. The molecule has 234 valence electrons. The van der Waals surface area contributed by atoms with E-state index in [-0.39, 0.29) is 39.9 Å². The molecule has 2 saturated carbocycles. The van der Waals surface area contributed by atoms with Gasteiger partial charge in [-0.05, 0) is 83.0 Å². The van der Waals surface area contributed by atoms with Crippen molar-refractivity contribution in [3.05, 3.63) is 0 Å². The van der Waals surface area contributed by atoms with Crippen LogP contribution in [0, 0.1) is 33.5 Å². The highest BCUT2D eigenvalue weighted by Gasteiger charge is 2.65. The number of hydrogen-bond acceptors (Lipinski definition) is 6. The van der Waals surface area contributed by atoms with Gasteiger partial charge in [-0.1, -0.05) is 68.7 Å². The van der Waals surface area contributed by atoms with Crippen LogP contribution in [0.15, 0.2) is 0 Å². The van der Waals surface area contributed by atoms with Crippen molar-refractivity contribution in [2.75, 3.05) is 5.75 Å². The van der Waals surface area contributed by atoms with E-state index in [4.69, 9.17) is 4.74 Å². The molecule has 0 heterocycles. The highest BCUT2D eigenvalue weighted by molar-refractivity contribution is 7.90. The molecule has 2 fully saturated rings. The molecule has 0 saturated heterocycles. The number of ether oxygens (including phenoxy) is 1. The summed E-state index contributed by atoms with van der Waals surface area (Å²) in [7, 11) is -3.83. The third-order valence-electron chi connectivity index (χ3n) is 10.3. The number of ketones is 1. The maximum absolute atomic E-state index is 12.5. The monoisotopic (exact) mass is 585 g/mol. The third-order valence-corrected chi connectivity index (χ3v) is 11.7. The van der Waals surface area contributed by atoms with Gasteiger partial charge >= 0.3 is 5.97 Å². The van der Waals surface area contributed by atoms with E-state index in [1.165, 1.54) is 6.42 Å². The highest BCUT2D eigenvalue weighted by Crippen LogP contribution is 2.64. The van der Waals surface area contributed by atoms with Gasteiger partial charge in [-0.3, -0.25) is 19.1 Å². The van der Waals surface area contributed by atoms with Gasteiger partial charge in [-0.2, -0.15) is 0 Å². The van der Waals surface area contributed by atoms with Crippen LogP contribution in [-0.2, 0) is 29.1 Å². The molecule has 1 N–H and O–H groups in total. The lowest BCUT2D eigenvalue weighted by Gasteiger charge is -2.36. The van der Waals surface area contributed by atoms with E-state index in [1.54, 1.807) is 13.8 Å². The maximum atomic E-state index is 12.5. The average Bonchev–Trinajstić information content (AvgIpc) is 3.17. The molecule has 0 aromatic carbocycles. The molecule has 1 amide bonds. The minimum Gasteiger partial charge on any atom is -0.459 e. The van der Waals surface area contributed by atoms with Crippen molar-refractivity contribution in [3.8, 4) is 0 Å². The summed E-state index contributed by atoms with van der Waals surface area (Å²) in [5.74, 6) is 0.199. The Labute approximate surface area is 245 Å². The van der Waals surface area contributed by atoms with E-state index in [2.05, 4.69) is 32.4 Å². The van der Waals surface area contributed by atoms with Crippen LogP contribution in [0.1, 0.15) is 141 Å². The molecule has 2 aliphatic rings. The van der Waals surface area contributed by atoms with Crippen LogP contribution in [0.5, 0.6) is 0 Å². The zero-order valence-electron chi connectivity index (χ0n) is 27.6. The lowest BCUT2D eigenvalue weighted by atomic mass is 9.70. The molecular formula is C32H59NO6S. The molecule has 0 aliphatic heterocycles. The van der Waals surface area contributed by atoms with Gasteiger partial charge in [0.25, 0.3) is 0 Å². The number of esters is 1. The van der Waals surface area contributed by atoms with Gasteiger partial charge in [-0.25, -0.2) is 8.42 Å². The third kappa shape index (κ3) is 8.54. The molecule has 3 atom stereocenters. The quantitative estimate of drug-likeness (QED) is 0.229. The number of hydrogen-bond donors (Lipinski definition) is 1. The van der Waals surface area contributed by atoms with E-state index in [0.717, 1.165) is 32.1 Å². The number of sulfonamides is 1. The van der Waals surface area contributed by atoms with E-state index in [9.17, 15) is 22.8 Å². The summed E-state index contributed by atoms with van der Waals surface area (Å²) in [5.41, 5.74) is -2.55. The van der Waals surface area contributed by atoms with Crippen molar-refractivity contribution in [3.63, 3.8) is 0 Å². The maximum Gasteiger partial charge on any atom is 0.312 e. The number of carbonyl (C=O) groups is 3. The molecule has 3 unspecified atom stereocenters. The normalized spacial score (nSPS) is 23.8. The smallest absolute Gasteiger partial charge is 0.312 e. The summed E-state index contributed by atoms with van der Waals surface area (Å²) in [6.45, 7) is 23.8. The lowest BCUT2D eigenvalue weighted by molar-refractivity contribution is -0.170. The second kappa shape index (κ2) is 13.2. The van der Waals surface area contributed by atoms with Crippen molar-refractivity contribution >= 4 is 27.7 Å². The Balaban J connectivity index is 0.000000410. The predicted molar refractivity (Wildman–Crippen MR) is 162 cm³/mol. The molecule has 0 aromatic rings. The fourth-order valence-corrected chi connectivity index (χ4v) is 7.56. The van der Waals surface area contributed by atoms with E-state index < -0.39 is 26.8 Å². The van der Waals surface area contributed by atoms with Crippen LogP contribution in [0.3, 0.4) is 0 Å². The van der Waals surface area contributed by atoms with E-state index in [0.29, 0.717) is 25.2 Å². The van der Waals surface area contributed by atoms with Gasteiger partial charge in [0.1, 0.15) is 11.4 Å². The number of rotatable bonds is 13. The standard InChI is InChI=1S/C16H27NO4S.C16H32O2/c1-6-14(2,3)13(19)17-22(20,21)10-16-8-7-11(9-12(16)18)15(16,4)5;1-8-15(5,6)14(17)18-16(7,9-2)12-10-11-13(3)4/h11H,6-10H2,1-5H3,(H,17,19);13H,8-12H2,1-7H3. The van der Waals surface area contributed by atoms with Crippen LogP contribution in [0.25, 0.3) is 0 Å². The number of fused-ring (bicyclic) bond motifs is 2. The summed E-state index contributed by atoms with van der Waals surface area (Å²) in [4.78, 5) is 36.7. The molecule has 0 spiro atoms. The Kier molecular flexibility index (Phi) is 12.1. The van der Waals surface area contributed by atoms with Crippen molar-refractivity contribution in [1.82, 2.24) is 4.72 Å². The summed E-state index contributed by atoms with van der Waals surface area (Å²) in [6, 6.07) is 0. The topological polar surface area (TPSA) is 107 Å². The fraction of sp³-hybridized carbons (Fsp3) is 0.906. The van der Waals surface area contributed by atoms with Crippen molar-refractivity contribution in [2.45, 2.75) is 146 Å². The van der Waals surface area contributed by atoms with Crippen LogP contribution < -0.4 is 4.72 Å². The van der Waals surface area contributed by atoms with E-state index in [1.807, 2.05) is 41.5 Å². The zero-order chi connectivity index (χ0) is 31.4. The molecule has 0 aromatic heterocycles. The Morgan fingerprint density at radius 2 is 1.55 bits per heavy atom. The van der Waals surface area contributed by atoms with Gasteiger partial charge in [-0.15, -0.1) is 0 Å².